The van der Waals surface area contributed by atoms with Gasteiger partial charge in [-0.15, -0.1) is 0 Å². The third kappa shape index (κ3) is 53.6. The van der Waals surface area contributed by atoms with E-state index in [1.54, 1.807) is 0 Å². The SMILES string of the molecule is [Cd+2].[O]=[Cr]([O-])([O-])=[S]. The van der Waals surface area contributed by atoms with Crippen molar-refractivity contribution in [1.82, 2.24) is 0 Å². The number of rotatable bonds is 0. The molecule has 0 heterocycles. The van der Waals surface area contributed by atoms with Crippen molar-refractivity contribution < 1.29 is 51.5 Å². The molecule has 0 fully saturated rings. The van der Waals surface area contributed by atoms with Gasteiger partial charge in [-0.05, 0) is 0 Å². The quantitative estimate of drug-likeness (QED) is 0.469. The van der Waals surface area contributed by atoms with E-state index in [2.05, 4.69) is 10.5 Å². The minimum atomic E-state index is -4.92. The predicted octanol–water partition coefficient (Wildman–Crippen LogP) is -1.85. The molecule has 32 valence electrons. The Morgan fingerprint density at radius 2 is 1.50 bits per heavy atom. The van der Waals surface area contributed by atoms with Gasteiger partial charge in [0.25, 0.3) is 0 Å². The van der Waals surface area contributed by atoms with E-state index in [-0.39, 0.29) is 27.3 Å². The zero-order chi connectivity index (χ0) is 4.50. The minimum absolute atomic E-state index is 0. The summed E-state index contributed by atoms with van der Waals surface area (Å²) >= 11 is -4.92. The van der Waals surface area contributed by atoms with Crippen LogP contribution in [0.1, 0.15) is 0 Å². The molecule has 0 atom stereocenters. The van der Waals surface area contributed by atoms with Crippen molar-refractivity contribution in [3.63, 3.8) is 0 Å². The molecule has 0 unspecified atom stereocenters. The Labute approximate surface area is 61.5 Å². The summed E-state index contributed by atoms with van der Waals surface area (Å²) in [7, 11) is 3.32. The molecule has 0 spiro atoms. The van der Waals surface area contributed by atoms with Gasteiger partial charge in [0.1, 0.15) is 0 Å². The van der Waals surface area contributed by atoms with Crippen molar-refractivity contribution >= 4 is 10.5 Å². The summed E-state index contributed by atoms with van der Waals surface area (Å²) in [5.41, 5.74) is 0. The van der Waals surface area contributed by atoms with Crippen molar-refractivity contribution in [2.45, 2.75) is 0 Å². The zero-order valence-corrected chi connectivity index (χ0v) is 8.88. The van der Waals surface area contributed by atoms with Gasteiger partial charge in [0.2, 0.25) is 0 Å². The van der Waals surface area contributed by atoms with Gasteiger partial charge in [0, 0.05) is 0 Å². The summed E-state index contributed by atoms with van der Waals surface area (Å²) < 4.78 is 26.9. The van der Waals surface area contributed by atoms with Crippen molar-refractivity contribution in [2.75, 3.05) is 0 Å². The molecule has 0 saturated carbocycles. The van der Waals surface area contributed by atoms with Crippen molar-refractivity contribution in [1.29, 1.82) is 0 Å². The second-order valence-electron chi connectivity index (χ2n) is 0.408. The Morgan fingerprint density at radius 3 is 1.50 bits per heavy atom. The van der Waals surface area contributed by atoms with Crippen LogP contribution in [0.25, 0.3) is 0 Å². The number of hydrogen-bond acceptors (Lipinski definition) is 4. The molecule has 3 nitrogen and oxygen atoms in total. The van der Waals surface area contributed by atoms with Gasteiger partial charge in [0.05, 0.1) is 0 Å². The van der Waals surface area contributed by atoms with Gasteiger partial charge in [-0.1, -0.05) is 0 Å². The van der Waals surface area contributed by atoms with E-state index in [1.807, 2.05) is 0 Å². The van der Waals surface area contributed by atoms with Crippen LogP contribution >= 0.6 is 10.5 Å². The summed E-state index contributed by atoms with van der Waals surface area (Å²) in [4.78, 5) is 0. The van der Waals surface area contributed by atoms with Crippen LogP contribution in [0.15, 0.2) is 0 Å². The molecule has 0 aromatic heterocycles. The van der Waals surface area contributed by atoms with Crippen molar-refractivity contribution in [3.05, 3.63) is 0 Å². The fourth-order valence-electron chi connectivity index (χ4n) is 0. The van der Waals surface area contributed by atoms with Gasteiger partial charge >= 0.3 is 62.0 Å². The first-order valence-corrected chi connectivity index (χ1v) is 4.12. The molecule has 6 heavy (non-hydrogen) atoms. The van der Waals surface area contributed by atoms with Gasteiger partial charge < -0.3 is 0 Å². The van der Waals surface area contributed by atoms with E-state index in [4.69, 9.17) is 12.1 Å². The summed E-state index contributed by atoms with van der Waals surface area (Å²) in [6, 6.07) is 0. The monoisotopic (exact) mass is 246 g/mol. The van der Waals surface area contributed by atoms with Crippen LogP contribution in [0.4, 0.5) is 0 Å². The summed E-state index contributed by atoms with van der Waals surface area (Å²) in [6.07, 6.45) is 0. The maximum atomic E-state index is 8.96. The Hall–Kier alpha value is 1.39. The second-order valence-corrected chi connectivity index (χ2v) is 3.37. The van der Waals surface area contributed by atoms with Crippen LogP contribution in [0.5, 0.6) is 0 Å². The molecule has 0 aromatic rings. The van der Waals surface area contributed by atoms with E-state index >= 15 is 0 Å². The third-order valence-electron chi connectivity index (χ3n) is 0. The van der Waals surface area contributed by atoms with Gasteiger partial charge in [0.15, 0.2) is 0 Å². The van der Waals surface area contributed by atoms with Gasteiger partial charge in [-0.3, -0.25) is 0 Å². The van der Waals surface area contributed by atoms with Crippen LogP contribution in [0.3, 0.4) is 0 Å². The summed E-state index contributed by atoms with van der Waals surface area (Å²) in [5, 5.41) is 0. The molecule has 0 saturated heterocycles. The Morgan fingerprint density at radius 1 is 1.50 bits per heavy atom. The molecule has 0 aromatic carbocycles. The molecule has 0 N–H and O–H groups in total. The molecule has 0 radical (unpaired) electrons. The summed E-state index contributed by atoms with van der Waals surface area (Å²) in [5.74, 6) is 0. The first-order valence-electron chi connectivity index (χ1n) is 0.667. The number of hydrogen-bond donors (Lipinski definition) is 0. The molecule has 0 amide bonds. The van der Waals surface area contributed by atoms with Crippen LogP contribution in [-0.2, 0) is 43.1 Å². The van der Waals surface area contributed by atoms with E-state index in [9.17, 15) is 0 Å². The van der Waals surface area contributed by atoms with Crippen molar-refractivity contribution in [2.24, 2.45) is 0 Å². The van der Waals surface area contributed by atoms with E-state index in [0.717, 1.165) is 0 Å². The van der Waals surface area contributed by atoms with E-state index < -0.39 is 12.0 Å². The summed E-state index contributed by atoms with van der Waals surface area (Å²) in [6.45, 7) is 0. The second kappa shape index (κ2) is 3.40. The molecule has 6 heteroatoms. The first kappa shape index (κ1) is 10.4. The van der Waals surface area contributed by atoms with Crippen LogP contribution in [0, 0.1) is 0 Å². The Kier molecular flexibility index (Phi) is 5.89. The molecule has 0 aliphatic rings. The van der Waals surface area contributed by atoms with Gasteiger partial charge in [-0.25, -0.2) is 0 Å². The van der Waals surface area contributed by atoms with Crippen LogP contribution in [-0.4, -0.2) is 0 Å². The fraction of sp³-hybridized carbons (Fsp3) is 0. The Balaban J connectivity index is 0. The third-order valence-corrected chi connectivity index (χ3v) is 0. The molecule has 0 bridgehead atoms. The van der Waals surface area contributed by atoms with Crippen molar-refractivity contribution in [3.8, 4) is 0 Å². The van der Waals surface area contributed by atoms with E-state index in [1.165, 1.54) is 0 Å². The standard InChI is InChI=1S/Cd.Cr.3O.S/q+2;;;2*-1;. The van der Waals surface area contributed by atoms with E-state index in [0.29, 0.717) is 0 Å². The molecular weight excluding hydrogens is 244 g/mol. The first-order chi connectivity index (χ1) is 2.00. The molecular formula is CdCrO3S. The Bertz CT molecular complexity index is 94.0. The molecule has 0 aliphatic carbocycles. The normalized spacial score (nSPS) is 9.67. The van der Waals surface area contributed by atoms with Crippen LogP contribution < -0.4 is 8.32 Å². The zero-order valence-electron chi connectivity index (χ0n) is 2.75. The van der Waals surface area contributed by atoms with Gasteiger partial charge in [-0.2, -0.15) is 0 Å². The topological polar surface area (TPSA) is 63.2 Å². The maximum absolute atomic E-state index is 8.96. The average molecular weight is 244 g/mol. The molecule has 0 rings (SSSR count). The van der Waals surface area contributed by atoms with Crippen LogP contribution in [0.2, 0.25) is 0 Å². The fourth-order valence-corrected chi connectivity index (χ4v) is 0. The molecule has 0 aliphatic heterocycles. The predicted molar refractivity (Wildman–Crippen MR) is 8.28 cm³/mol. The average Bonchev–Trinajstić information content (AvgIpc) is 0.722.